The summed E-state index contributed by atoms with van der Waals surface area (Å²) in [6, 6.07) is 7.06. The highest BCUT2D eigenvalue weighted by Gasteiger charge is 2.13. The molecule has 0 aromatic carbocycles. The number of amides is 1. The fourth-order valence-corrected chi connectivity index (χ4v) is 1.75. The van der Waals surface area contributed by atoms with Gasteiger partial charge in [-0.2, -0.15) is 0 Å². The minimum absolute atomic E-state index is 0.0983. The fourth-order valence-electron chi connectivity index (χ4n) is 1.75. The van der Waals surface area contributed by atoms with E-state index >= 15 is 0 Å². The molecule has 2 heterocycles. The molecule has 3 N–H and O–H groups in total. The lowest BCUT2D eigenvalue weighted by atomic mass is 10.2. The summed E-state index contributed by atoms with van der Waals surface area (Å²) < 4.78 is 5.47. The van der Waals surface area contributed by atoms with Crippen LogP contribution < -0.4 is 11.1 Å². The maximum atomic E-state index is 11.9. The van der Waals surface area contributed by atoms with Crippen LogP contribution in [0.15, 0.2) is 34.9 Å². The molecule has 1 atom stereocenters. The molecule has 0 fully saturated rings. The Bertz CT molecular complexity index is 560. The van der Waals surface area contributed by atoms with E-state index in [9.17, 15) is 4.79 Å². The van der Waals surface area contributed by atoms with Crippen LogP contribution in [-0.4, -0.2) is 10.9 Å². The van der Waals surface area contributed by atoms with Crippen LogP contribution in [0.5, 0.6) is 0 Å². The number of carbonyl (C=O) groups is 1. The van der Waals surface area contributed by atoms with Crippen molar-refractivity contribution in [1.82, 2.24) is 10.3 Å². The molecule has 0 aliphatic rings. The standard InChI is InChI=1S/C14H17N3O2/c1-9-3-6-13(19-9)10(2)17-14(18)7-12-5-4-11(15)8-16-12/h3-6,8,10H,7,15H2,1-2H3,(H,17,18). The van der Waals surface area contributed by atoms with E-state index in [0.717, 1.165) is 11.5 Å². The predicted molar refractivity (Wildman–Crippen MR) is 72.4 cm³/mol. The lowest BCUT2D eigenvalue weighted by molar-refractivity contribution is -0.121. The summed E-state index contributed by atoms with van der Waals surface area (Å²) in [5, 5.41) is 2.87. The summed E-state index contributed by atoms with van der Waals surface area (Å²) in [5.74, 6) is 1.48. The van der Waals surface area contributed by atoms with Crippen molar-refractivity contribution in [2.24, 2.45) is 0 Å². The summed E-state index contributed by atoms with van der Waals surface area (Å²) in [7, 11) is 0. The van der Waals surface area contributed by atoms with Gasteiger partial charge >= 0.3 is 0 Å². The number of furan rings is 1. The van der Waals surface area contributed by atoms with Gasteiger partial charge in [0.2, 0.25) is 5.91 Å². The van der Waals surface area contributed by atoms with Crippen molar-refractivity contribution in [1.29, 1.82) is 0 Å². The number of aryl methyl sites for hydroxylation is 1. The van der Waals surface area contributed by atoms with Crippen molar-refractivity contribution >= 4 is 11.6 Å². The van der Waals surface area contributed by atoms with Crippen molar-refractivity contribution in [3.8, 4) is 0 Å². The quantitative estimate of drug-likeness (QED) is 0.879. The molecule has 0 bridgehead atoms. The normalized spacial score (nSPS) is 12.1. The molecule has 2 aromatic rings. The van der Waals surface area contributed by atoms with Crippen molar-refractivity contribution in [2.45, 2.75) is 26.3 Å². The summed E-state index contributed by atoms with van der Waals surface area (Å²) in [6.07, 6.45) is 1.77. The Morgan fingerprint density at radius 1 is 1.42 bits per heavy atom. The third-order valence-corrected chi connectivity index (χ3v) is 2.75. The molecule has 19 heavy (non-hydrogen) atoms. The van der Waals surface area contributed by atoms with Crippen molar-refractivity contribution in [3.05, 3.63) is 47.7 Å². The number of hydrogen-bond acceptors (Lipinski definition) is 4. The highest BCUT2D eigenvalue weighted by molar-refractivity contribution is 5.78. The maximum Gasteiger partial charge on any atom is 0.226 e. The predicted octanol–water partition coefficient (Wildman–Crippen LogP) is 1.99. The lowest BCUT2D eigenvalue weighted by Crippen LogP contribution is -2.28. The van der Waals surface area contributed by atoms with E-state index in [1.807, 2.05) is 26.0 Å². The molecule has 0 aliphatic heterocycles. The average molecular weight is 259 g/mol. The first-order chi connectivity index (χ1) is 9.04. The number of rotatable bonds is 4. The van der Waals surface area contributed by atoms with Crippen LogP contribution >= 0.6 is 0 Å². The van der Waals surface area contributed by atoms with E-state index in [2.05, 4.69) is 10.3 Å². The molecule has 0 spiro atoms. The number of carbonyl (C=O) groups excluding carboxylic acids is 1. The zero-order chi connectivity index (χ0) is 13.8. The maximum absolute atomic E-state index is 11.9. The second kappa shape index (κ2) is 5.56. The molecule has 5 heteroatoms. The number of nitrogens with zero attached hydrogens (tertiary/aromatic N) is 1. The van der Waals surface area contributed by atoms with Gasteiger partial charge in [-0.1, -0.05) is 0 Å². The number of hydrogen-bond donors (Lipinski definition) is 2. The zero-order valence-corrected chi connectivity index (χ0v) is 11.0. The van der Waals surface area contributed by atoms with Gasteiger partial charge in [0, 0.05) is 5.69 Å². The molecule has 100 valence electrons. The Morgan fingerprint density at radius 2 is 2.21 bits per heavy atom. The molecule has 2 aromatic heterocycles. The molecular weight excluding hydrogens is 242 g/mol. The van der Waals surface area contributed by atoms with E-state index in [1.54, 1.807) is 18.3 Å². The van der Waals surface area contributed by atoms with Crippen molar-refractivity contribution < 1.29 is 9.21 Å². The van der Waals surface area contributed by atoms with Gasteiger partial charge in [-0.05, 0) is 38.1 Å². The molecule has 0 saturated heterocycles. The number of anilines is 1. The Hall–Kier alpha value is -2.30. The van der Waals surface area contributed by atoms with E-state index in [4.69, 9.17) is 10.2 Å². The van der Waals surface area contributed by atoms with E-state index in [1.165, 1.54) is 0 Å². The first-order valence-electron chi connectivity index (χ1n) is 6.10. The summed E-state index contributed by atoms with van der Waals surface area (Å²) in [5.41, 5.74) is 6.82. The van der Waals surface area contributed by atoms with Gasteiger partial charge < -0.3 is 15.5 Å². The summed E-state index contributed by atoms with van der Waals surface area (Å²) >= 11 is 0. The smallest absolute Gasteiger partial charge is 0.226 e. The Labute approximate surface area is 111 Å². The van der Waals surface area contributed by atoms with Gasteiger partial charge in [0.1, 0.15) is 11.5 Å². The van der Waals surface area contributed by atoms with Gasteiger partial charge in [-0.15, -0.1) is 0 Å². The SMILES string of the molecule is Cc1ccc(C(C)NC(=O)Cc2ccc(N)cn2)o1. The Balaban J connectivity index is 1.92. The number of nitrogens with one attached hydrogen (secondary N) is 1. The first-order valence-corrected chi connectivity index (χ1v) is 6.10. The molecule has 1 unspecified atom stereocenters. The van der Waals surface area contributed by atoms with Crippen LogP contribution in [-0.2, 0) is 11.2 Å². The van der Waals surface area contributed by atoms with Crippen LogP contribution in [0.25, 0.3) is 0 Å². The third kappa shape index (κ3) is 3.58. The minimum atomic E-state index is -0.157. The topological polar surface area (TPSA) is 81.2 Å². The lowest BCUT2D eigenvalue weighted by Gasteiger charge is -2.11. The highest BCUT2D eigenvalue weighted by Crippen LogP contribution is 2.15. The van der Waals surface area contributed by atoms with Crippen LogP contribution in [0.3, 0.4) is 0 Å². The fraction of sp³-hybridized carbons (Fsp3) is 0.286. The van der Waals surface area contributed by atoms with Crippen molar-refractivity contribution in [3.63, 3.8) is 0 Å². The van der Waals surface area contributed by atoms with E-state index < -0.39 is 0 Å². The molecule has 2 rings (SSSR count). The van der Waals surface area contributed by atoms with Crippen LogP contribution in [0.1, 0.15) is 30.2 Å². The molecule has 0 radical (unpaired) electrons. The van der Waals surface area contributed by atoms with Crippen LogP contribution in [0.4, 0.5) is 5.69 Å². The number of nitrogen functional groups attached to an aromatic ring is 1. The first kappa shape index (κ1) is 13.1. The Morgan fingerprint density at radius 3 is 2.79 bits per heavy atom. The Kier molecular flexibility index (Phi) is 3.85. The third-order valence-electron chi connectivity index (χ3n) is 2.75. The van der Waals surface area contributed by atoms with Gasteiger partial charge in [0.05, 0.1) is 24.3 Å². The van der Waals surface area contributed by atoms with Gasteiger partial charge in [-0.25, -0.2) is 0 Å². The minimum Gasteiger partial charge on any atom is -0.464 e. The average Bonchev–Trinajstić information content (AvgIpc) is 2.79. The van der Waals surface area contributed by atoms with E-state index in [0.29, 0.717) is 11.4 Å². The number of pyridine rings is 1. The molecule has 1 amide bonds. The highest BCUT2D eigenvalue weighted by atomic mass is 16.3. The van der Waals surface area contributed by atoms with Gasteiger partial charge in [0.25, 0.3) is 0 Å². The van der Waals surface area contributed by atoms with Gasteiger partial charge in [0.15, 0.2) is 0 Å². The van der Waals surface area contributed by atoms with E-state index in [-0.39, 0.29) is 18.4 Å². The molecule has 5 nitrogen and oxygen atoms in total. The molecule has 0 aliphatic carbocycles. The largest absolute Gasteiger partial charge is 0.464 e. The zero-order valence-electron chi connectivity index (χ0n) is 11.0. The van der Waals surface area contributed by atoms with Crippen LogP contribution in [0.2, 0.25) is 0 Å². The van der Waals surface area contributed by atoms with Crippen molar-refractivity contribution in [2.75, 3.05) is 5.73 Å². The monoisotopic (exact) mass is 259 g/mol. The molecule has 0 saturated carbocycles. The number of nitrogens with two attached hydrogens (primary N) is 1. The number of aromatic nitrogens is 1. The molecular formula is C14H17N3O2. The summed E-state index contributed by atoms with van der Waals surface area (Å²) in [6.45, 7) is 3.75. The second-order valence-electron chi connectivity index (χ2n) is 4.50. The summed E-state index contributed by atoms with van der Waals surface area (Å²) in [4.78, 5) is 16.0. The van der Waals surface area contributed by atoms with Crippen LogP contribution in [0, 0.1) is 6.92 Å². The van der Waals surface area contributed by atoms with Gasteiger partial charge in [-0.3, -0.25) is 9.78 Å². The second-order valence-corrected chi connectivity index (χ2v) is 4.50.